The van der Waals surface area contributed by atoms with Crippen molar-refractivity contribution in [1.82, 2.24) is 0 Å². The fourth-order valence-corrected chi connectivity index (χ4v) is 3.14. The molecule has 0 amide bonds. The highest BCUT2D eigenvalue weighted by Gasteiger charge is 2.12. The zero-order valence-corrected chi connectivity index (χ0v) is 11.9. The molecule has 1 aromatic heterocycles. The Morgan fingerprint density at radius 2 is 1.89 bits per heavy atom. The van der Waals surface area contributed by atoms with E-state index in [0.29, 0.717) is 0 Å². The van der Waals surface area contributed by atoms with Gasteiger partial charge in [-0.3, -0.25) is 0 Å². The van der Waals surface area contributed by atoms with Crippen LogP contribution in [0.25, 0.3) is 0 Å². The normalized spacial score (nSPS) is 12.4. The number of hydrogen-bond acceptors (Lipinski definition) is 3. The van der Waals surface area contributed by atoms with Gasteiger partial charge in [-0.25, -0.2) is 0 Å². The van der Waals surface area contributed by atoms with Gasteiger partial charge in [0, 0.05) is 15.8 Å². The minimum absolute atomic E-state index is 0.0725. The van der Waals surface area contributed by atoms with Crippen LogP contribution in [0.4, 0.5) is 0 Å². The smallest absolute Gasteiger partial charge is 0.118 e. The van der Waals surface area contributed by atoms with E-state index in [9.17, 15) is 0 Å². The molecule has 3 heteroatoms. The van der Waals surface area contributed by atoms with Gasteiger partial charge in [0.15, 0.2) is 0 Å². The first-order valence-corrected chi connectivity index (χ1v) is 6.87. The van der Waals surface area contributed by atoms with E-state index in [1.54, 1.807) is 7.11 Å². The highest BCUT2D eigenvalue weighted by molar-refractivity contribution is 7.12. The Kier molecular flexibility index (Phi) is 4.04. The number of nitrogens with two attached hydrogens (primary N) is 1. The van der Waals surface area contributed by atoms with Crippen LogP contribution in [0.15, 0.2) is 30.3 Å². The molecule has 96 valence electrons. The molecule has 0 saturated heterocycles. The Bertz CT molecular complexity index is 516. The largest absolute Gasteiger partial charge is 0.497 e. The number of methoxy groups -OCH3 is 1. The molecule has 2 aromatic rings. The van der Waals surface area contributed by atoms with Crippen LogP contribution in [-0.2, 0) is 6.42 Å². The Morgan fingerprint density at radius 1 is 1.22 bits per heavy atom. The molecule has 2 nitrogen and oxygen atoms in total. The summed E-state index contributed by atoms with van der Waals surface area (Å²) in [5.74, 6) is 0.884. The molecule has 0 aliphatic heterocycles. The number of rotatable bonds is 4. The molecule has 1 unspecified atom stereocenters. The third-order valence-corrected chi connectivity index (χ3v) is 4.08. The van der Waals surface area contributed by atoms with Crippen LogP contribution in [-0.4, -0.2) is 7.11 Å². The lowest BCUT2D eigenvalue weighted by molar-refractivity contribution is 0.414. The van der Waals surface area contributed by atoms with Crippen molar-refractivity contribution in [2.75, 3.05) is 7.11 Å². The average Bonchev–Trinajstić information content (AvgIpc) is 2.69. The maximum absolute atomic E-state index is 6.29. The van der Waals surface area contributed by atoms with E-state index in [1.165, 1.54) is 20.9 Å². The van der Waals surface area contributed by atoms with Crippen molar-refractivity contribution in [2.45, 2.75) is 26.3 Å². The van der Waals surface area contributed by atoms with Crippen LogP contribution in [0.2, 0.25) is 0 Å². The Hall–Kier alpha value is -1.32. The molecule has 0 radical (unpaired) electrons. The van der Waals surface area contributed by atoms with Crippen molar-refractivity contribution in [1.29, 1.82) is 0 Å². The van der Waals surface area contributed by atoms with E-state index in [0.717, 1.165) is 12.2 Å². The lowest BCUT2D eigenvalue weighted by Crippen LogP contribution is -2.13. The number of thiophene rings is 1. The van der Waals surface area contributed by atoms with Gasteiger partial charge >= 0.3 is 0 Å². The van der Waals surface area contributed by atoms with Crippen LogP contribution in [0.5, 0.6) is 5.75 Å². The second-order valence-corrected chi connectivity index (χ2v) is 5.99. The van der Waals surface area contributed by atoms with Gasteiger partial charge in [0.2, 0.25) is 0 Å². The second-order valence-electron chi connectivity index (χ2n) is 4.53. The van der Waals surface area contributed by atoms with E-state index >= 15 is 0 Å². The first-order chi connectivity index (χ1) is 8.60. The van der Waals surface area contributed by atoms with Gasteiger partial charge in [-0.15, -0.1) is 11.3 Å². The molecule has 0 aliphatic carbocycles. The molecule has 1 heterocycles. The van der Waals surface area contributed by atoms with Gasteiger partial charge in [0.25, 0.3) is 0 Å². The van der Waals surface area contributed by atoms with E-state index in [-0.39, 0.29) is 6.04 Å². The van der Waals surface area contributed by atoms with Crippen LogP contribution in [0, 0.1) is 13.8 Å². The van der Waals surface area contributed by atoms with Crippen LogP contribution >= 0.6 is 11.3 Å². The zero-order valence-electron chi connectivity index (χ0n) is 11.1. The van der Waals surface area contributed by atoms with E-state index in [1.807, 2.05) is 23.5 Å². The van der Waals surface area contributed by atoms with Gasteiger partial charge in [-0.1, -0.05) is 12.1 Å². The molecule has 0 fully saturated rings. The van der Waals surface area contributed by atoms with Gasteiger partial charge < -0.3 is 10.5 Å². The summed E-state index contributed by atoms with van der Waals surface area (Å²) in [5.41, 5.74) is 8.80. The standard InChI is InChI=1S/C15H19NOS/c1-10-8-14(11(2)18-10)15(16)9-12-4-6-13(17-3)7-5-12/h4-8,15H,9,16H2,1-3H3. The molecular weight excluding hydrogens is 242 g/mol. The molecule has 0 aliphatic rings. The summed E-state index contributed by atoms with van der Waals surface area (Å²) in [5, 5.41) is 0. The average molecular weight is 261 g/mol. The third kappa shape index (κ3) is 2.92. The maximum atomic E-state index is 6.29. The van der Waals surface area contributed by atoms with Gasteiger partial charge in [-0.05, 0) is 49.6 Å². The third-order valence-electron chi connectivity index (χ3n) is 3.09. The van der Waals surface area contributed by atoms with Crippen molar-refractivity contribution < 1.29 is 4.74 Å². The molecule has 0 spiro atoms. The SMILES string of the molecule is COc1ccc(CC(N)c2cc(C)sc2C)cc1. The second kappa shape index (κ2) is 5.55. The molecule has 1 aromatic carbocycles. The zero-order chi connectivity index (χ0) is 13.1. The highest BCUT2D eigenvalue weighted by Crippen LogP contribution is 2.27. The fraction of sp³-hybridized carbons (Fsp3) is 0.333. The topological polar surface area (TPSA) is 35.2 Å². The quantitative estimate of drug-likeness (QED) is 0.912. The molecule has 2 N–H and O–H groups in total. The Balaban J connectivity index is 2.10. The summed E-state index contributed by atoms with van der Waals surface area (Å²) in [6.45, 7) is 4.27. The van der Waals surface area contributed by atoms with Gasteiger partial charge in [0.1, 0.15) is 5.75 Å². The molecular formula is C15H19NOS. The van der Waals surface area contributed by atoms with Crippen LogP contribution < -0.4 is 10.5 Å². The molecule has 0 saturated carbocycles. The van der Waals surface area contributed by atoms with Gasteiger partial charge in [-0.2, -0.15) is 0 Å². The summed E-state index contributed by atoms with van der Waals surface area (Å²) < 4.78 is 5.15. The summed E-state index contributed by atoms with van der Waals surface area (Å²) in [6, 6.07) is 10.4. The van der Waals surface area contributed by atoms with Crippen LogP contribution in [0.1, 0.15) is 26.9 Å². The summed E-state index contributed by atoms with van der Waals surface area (Å²) in [6.07, 6.45) is 0.862. The van der Waals surface area contributed by atoms with E-state index in [2.05, 4.69) is 32.0 Å². The summed E-state index contributed by atoms with van der Waals surface area (Å²) >= 11 is 1.81. The number of hydrogen-bond donors (Lipinski definition) is 1. The molecule has 1 atom stereocenters. The first-order valence-electron chi connectivity index (χ1n) is 6.05. The Morgan fingerprint density at radius 3 is 2.39 bits per heavy atom. The van der Waals surface area contributed by atoms with Crippen molar-refractivity contribution in [3.05, 3.63) is 51.2 Å². The van der Waals surface area contributed by atoms with Crippen molar-refractivity contribution in [2.24, 2.45) is 5.73 Å². The Labute approximate surface area is 112 Å². The van der Waals surface area contributed by atoms with Crippen LogP contribution in [0.3, 0.4) is 0 Å². The number of benzene rings is 1. The van der Waals surface area contributed by atoms with Gasteiger partial charge in [0.05, 0.1) is 7.11 Å². The van der Waals surface area contributed by atoms with Crippen molar-refractivity contribution in [3.63, 3.8) is 0 Å². The highest BCUT2D eigenvalue weighted by atomic mass is 32.1. The predicted molar refractivity (Wildman–Crippen MR) is 77.4 cm³/mol. The minimum atomic E-state index is 0.0725. The summed E-state index contributed by atoms with van der Waals surface area (Å²) in [7, 11) is 1.68. The molecule has 18 heavy (non-hydrogen) atoms. The number of ether oxygens (including phenoxy) is 1. The maximum Gasteiger partial charge on any atom is 0.118 e. The predicted octanol–water partition coefficient (Wildman–Crippen LogP) is 3.62. The van der Waals surface area contributed by atoms with Crippen molar-refractivity contribution >= 4 is 11.3 Å². The first kappa shape index (κ1) is 13.1. The minimum Gasteiger partial charge on any atom is -0.497 e. The fourth-order valence-electron chi connectivity index (χ4n) is 2.14. The monoisotopic (exact) mass is 261 g/mol. The molecule has 0 bridgehead atoms. The molecule has 2 rings (SSSR count). The lowest BCUT2D eigenvalue weighted by Gasteiger charge is -2.12. The summed E-state index contributed by atoms with van der Waals surface area (Å²) in [4.78, 5) is 2.65. The number of aryl methyl sites for hydroxylation is 2. The van der Waals surface area contributed by atoms with E-state index in [4.69, 9.17) is 10.5 Å². The lowest BCUT2D eigenvalue weighted by atomic mass is 10.00. The van der Waals surface area contributed by atoms with E-state index < -0.39 is 0 Å². The van der Waals surface area contributed by atoms with Crippen molar-refractivity contribution in [3.8, 4) is 5.75 Å².